The topological polar surface area (TPSA) is 99.9 Å². The van der Waals surface area contributed by atoms with Crippen molar-refractivity contribution in [2.45, 2.75) is 78.1 Å². The largest absolute Gasteiger partial charge is 1.00 e. The van der Waals surface area contributed by atoms with Gasteiger partial charge in [-0.05, 0) is 42.0 Å². The molecule has 0 bridgehead atoms. The summed E-state index contributed by atoms with van der Waals surface area (Å²) in [4.78, 5) is 15.8. The summed E-state index contributed by atoms with van der Waals surface area (Å²) in [5.41, 5.74) is 5.11. The molecule has 0 aliphatic carbocycles. The monoisotopic (exact) mass is 497 g/mol. The molecule has 0 radical (unpaired) electrons. The van der Waals surface area contributed by atoms with Crippen LogP contribution >= 0.6 is 0 Å². The molecule has 0 aliphatic rings. The Hall–Kier alpha value is -1.61. The molecule has 8 heteroatoms. The van der Waals surface area contributed by atoms with Crippen LogP contribution in [0.2, 0.25) is 0 Å². The van der Waals surface area contributed by atoms with Gasteiger partial charge in [0.05, 0.1) is 30.9 Å². The van der Waals surface area contributed by atoms with Crippen LogP contribution in [0.1, 0.15) is 83.2 Å². The van der Waals surface area contributed by atoms with Crippen molar-refractivity contribution < 1.29 is 60.2 Å². The van der Waals surface area contributed by atoms with Crippen molar-refractivity contribution in [1.82, 2.24) is 4.98 Å². The van der Waals surface area contributed by atoms with Gasteiger partial charge in [0.2, 0.25) is 0 Å². The number of aliphatic hydroxyl groups is 2. The molecule has 1 aromatic heterocycles. The zero-order chi connectivity index (χ0) is 25.4. The Balaban J connectivity index is 0.00000612. The van der Waals surface area contributed by atoms with Gasteiger partial charge in [0, 0.05) is 29.8 Å². The van der Waals surface area contributed by atoms with E-state index in [0.29, 0.717) is 13.2 Å². The standard InChI is InChI=1S/C27H36FNO5.Na.H/c1-6-34-15-23-25(18-7-9-19(28)10-8-18)22(26(16(2)3)29-27(23)17(4)5)12-11-20(30)13-21(31)14-24(32)33;;/h7-12,16-17,20-21,30-31H,6,13-15H2,1-5H3,(H,32,33);;/q;+1;-1. The first-order valence-electron chi connectivity index (χ1n) is 11.7. The number of rotatable bonds is 12. The summed E-state index contributed by atoms with van der Waals surface area (Å²) in [5, 5.41) is 29.2. The Kier molecular flexibility index (Phi) is 13.3. The van der Waals surface area contributed by atoms with E-state index in [1.54, 1.807) is 24.3 Å². The van der Waals surface area contributed by atoms with Crippen molar-refractivity contribution in [2.24, 2.45) is 0 Å². The third-order valence-electron chi connectivity index (χ3n) is 5.48. The Morgan fingerprint density at radius 3 is 2.23 bits per heavy atom. The second-order valence-electron chi connectivity index (χ2n) is 9.02. The van der Waals surface area contributed by atoms with E-state index in [-0.39, 0.29) is 55.1 Å². The summed E-state index contributed by atoms with van der Waals surface area (Å²) in [6.45, 7) is 11.0. The average Bonchev–Trinajstić information content (AvgIpc) is 2.75. The van der Waals surface area contributed by atoms with Crippen molar-refractivity contribution in [2.75, 3.05) is 6.61 Å². The maximum absolute atomic E-state index is 13.7. The number of benzene rings is 1. The summed E-state index contributed by atoms with van der Waals surface area (Å²) in [5.74, 6) is -1.27. The first kappa shape index (κ1) is 31.4. The summed E-state index contributed by atoms with van der Waals surface area (Å²) in [6.07, 6.45) is 0.559. The number of halogens is 1. The Morgan fingerprint density at radius 1 is 1.11 bits per heavy atom. The zero-order valence-corrected chi connectivity index (χ0v) is 23.6. The van der Waals surface area contributed by atoms with Gasteiger partial charge < -0.3 is 21.5 Å². The van der Waals surface area contributed by atoms with Crippen LogP contribution in [-0.2, 0) is 16.1 Å². The third kappa shape index (κ3) is 9.08. The fraction of sp³-hybridized carbons (Fsp3) is 0.481. The summed E-state index contributed by atoms with van der Waals surface area (Å²) >= 11 is 0. The number of hydrogen-bond donors (Lipinski definition) is 3. The molecule has 1 heterocycles. The molecule has 0 saturated carbocycles. The van der Waals surface area contributed by atoms with Gasteiger partial charge in [0.25, 0.3) is 0 Å². The molecule has 1 aromatic carbocycles. The van der Waals surface area contributed by atoms with Crippen molar-refractivity contribution in [3.8, 4) is 11.1 Å². The first-order chi connectivity index (χ1) is 16.0. The number of pyridine rings is 1. The van der Waals surface area contributed by atoms with Crippen LogP contribution in [0.25, 0.3) is 17.2 Å². The normalized spacial score (nSPS) is 13.3. The fourth-order valence-corrected chi connectivity index (χ4v) is 3.91. The molecular formula is C27H37FNNaO5. The number of aliphatic carboxylic acids is 1. The average molecular weight is 498 g/mol. The van der Waals surface area contributed by atoms with Crippen LogP contribution < -0.4 is 29.6 Å². The van der Waals surface area contributed by atoms with E-state index in [1.807, 2.05) is 20.8 Å². The van der Waals surface area contributed by atoms with Gasteiger partial charge in [-0.2, -0.15) is 0 Å². The predicted molar refractivity (Wildman–Crippen MR) is 132 cm³/mol. The van der Waals surface area contributed by atoms with E-state index in [2.05, 4.69) is 13.8 Å². The van der Waals surface area contributed by atoms with Gasteiger partial charge in [0.15, 0.2) is 0 Å². The number of aliphatic hydroxyl groups excluding tert-OH is 2. The number of ether oxygens (including phenoxy) is 1. The maximum atomic E-state index is 13.7. The van der Waals surface area contributed by atoms with Gasteiger partial charge >= 0.3 is 35.5 Å². The third-order valence-corrected chi connectivity index (χ3v) is 5.48. The minimum atomic E-state index is -1.16. The smallest absolute Gasteiger partial charge is 1.00 e. The minimum Gasteiger partial charge on any atom is -1.00 e. The number of hydrogen-bond acceptors (Lipinski definition) is 5. The molecule has 2 aromatic rings. The quantitative estimate of drug-likeness (QED) is 0.390. The first-order valence-corrected chi connectivity index (χ1v) is 11.7. The number of nitrogens with zero attached hydrogens (tertiary/aromatic N) is 1. The van der Waals surface area contributed by atoms with Gasteiger partial charge in [-0.1, -0.05) is 52.0 Å². The van der Waals surface area contributed by atoms with E-state index >= 15 is 0 Å². The van der Waals surface area contributed by atoms with Gasteiger partial charge in [0.1, 0.15) is 5.82 Å². The second kappa shape index (κ2) is 14.8. The number of carboxylic acid groups (broad SMARTS) is 1. The Labute approximate surface area is 231 Å². The molecule has 3 N–H and O–H groups in total. The number of aromatic nitrogens is 1. The molecule has 0 amide bonds. The fourth-order valence-electron chi connectivity index (χ4n) is 3.91. The molecule has 2 rings (SSSR count). The van der Waals surface area contributed by atoms with E-state index in [0.717, 1.165) is 33.6 Å². The molecule has 2 unspecified atom stereocenters. The molecular weight excluding hydrogens is 460 g/mol. The van der Waals surface area contributed by atoms with Crippen molar-refractivity contribution in [3.63, 3.8) is 0 Å². The number of carboxylic acids is 1. The zero-order valence-electron chi connectivity index (χ0n) is 22.6. The van der Waals surface area contributed by atoms with Crippen LogP contribution in [0, 0.1) is 5.82 Å². The molecule has 0 saturated heterocycles. The SMILES string of the molecule is CCOCc1c(C(C)C)nc(C(C)C)c(C=CC(O)CC(O)CC(=O)O)c1-c1ccc(F)cc1.[H-].[Na+]. The van der Waals surface area contributed by atoms with Crippen LogP contribution in [0.5, 0.6) is 0 Å². The van der Waals surface area contributed by atoms with Crippen LogP contribution in [0.4, 0.5) is 4.39 Å². The molecule has 0 spiro atoms. The van der Waals surface area contributed by atoms with E-state index in [9.17, 15) is 19.4 Å². The summed E-state index contributed by atoms with van der Waals surface area (Å²) < 4.78 is 19.5. The van der Waals surface area contributed by atoms with Crippen LogP contribution in [0.3, 0.4) is 0 Å². The van der Waals surface area contributed by atoms with Crippen LogP contribution in [-0.4, -0.2) is 45.1 Å². The van der Waals surface area contributed by atoms with E-state index in [4.69, 9.17) is 14.8 Å². The van der Waals surface area contributed by atoms with Crippen molar-refractivity contribution >= 4 is 12.0 Å². The molecule has 0 fully saturated rings. The number of carbonyl (C=O) groups is 1. The van der Waals surface area contributed by atoms with E-state index < -0.39 is 24.6 Å². The van der Waals surface area contributed by atoms with E-state index in [1.165, 1.54) is 12.1 Å². The molecule has 6 nitrogen and oxygen atoms in total. The second-order valence-corrected chi connectivity index (χ2v) is 9.02. The van der Waals surface area contributed by atoms with Gasteiger partial charge in [-0.15, -0.1) is 0 Å². The Morgan fingerprint density at radius 2 is 1.71 bits per heavy atom. The van der Waals surface area contributed by atoms with Gasteiger partial charge in [-0.3, -0.25) is 9.78 Å². The van der Waals surface area contributed by atoms with Crippen LogP contribution in [0.15, 0.2) is 30.3 Å². The molecule has 2 atom stereocenters. The van der Waals surface area contributed by atoms with Gasteiger partial charge in [-0.25, -0.2) is 4.39 Å². The maximum Gasteiger partial charge on any atom is 1.00 e. The summed E-state index contributed by atoms with van der Waals surface area (Å²) in [6, 6.07) is 6.27. The minimum absolute atomic E-state index is 0. The summed E-state index contributed by atoms with van der Waals surface area (Å²) in [7, 11) is 0. The molecule has 0 aliphatic heterocycles. The van der Waals surface area contributed by atoms with Crippen molar-refractivity contribution in [1.29, 1.82) is 0 Å². The Bertz CT molecular complexity index is 999. The predicted octanol–water partition coefficient (Wildman–Crippen LogP) is 2.39. The molecule has 35 heavy (non-hydrogen) atoms. The molecule has 188 valence electrons. The van der Waals surface area contributed by atoms with Crippen molar-refractivity contribution in [3.05, 3.63) is 58.7 Å².